The smallest absolute Gasteiger partial charge is 0.417 e. The number of halogens is 3. The molecule has 2 heterocycles. The Hall–Kier alpha value is -3.62. The number of aromatic nitrogens is 1. The number of alkyl halides is 3. The van der Waals surface area contributed by atoms with E-state index in [1.165, 1.54) is 12.1 Å². The number of azo groups is 1. The first-order chi connectivity index (χ1) is 13.8. The molecular formula is C20H14F3N3O3. The Morgan fingerprint density at radius 3 is 2.24 bits per heavy atom. The van der Waals surface area contributed by atoms with Gasteiger partial charge in [-0.2, -0.15) is 13.2 Å². The van der Waals surface area contributed by atoms with Gasteiger partial charge in [-0.05, 0) is 31.0 Å². The maximum absolute atomic E-state index is 12.6. The molecule has 0 spiro atoms. The van der Waals surface area contributed by atoms with Gasteiger partial charge >= 0.3 is 6.18 Å². The lowest BCUT2D eigenvalue weighted by Gasteiger charge is -2.14. The van der Waals surface area contributed by atoms with Crippen molar-refractivity contribution in [3.8, 4) is 11.6 Å². The molecule has 4 rings (SSSR count). The number of fused-ring (bicyclic) bond motifs is 2. The van der Waals surface area contributed by atoms with Crippen LogP contribution in [-0.2, 0) is 19.0 Å². The molecule has 3 aromatic rings. The van der Waals surface area contributed by atoms with Crippen LogP contribution in [0, 0.1) is 10.4 Å². The minimum atomic E-state index is -4.48. The van der Waals surface area contributed by atoms with E-state index in [1.807, 2.05) is 0 Å². The van der Waals surface area contributed by atoms with Crippen LogP contribution in [0.4, 0.5) is 24.5 Å². The van der Waals surface area contributed by atoms with Gasteiger partial charge < -0.3 is 15.2 Å². The van der Waals surface area contributed by atoms with Gasteiger partial charge in [0.25, 0.3) is 11.4 Å². The van der Waals surface area contributed by atoms with Crippen molar-refractivity contribution in [2.45, 2.75) is 19.0 Å². The molecule has 0 saturated heterocycles. The summed E-state index contributed by atoms with van der Waals surface area (Å²) in [6, 6.07) is 13.3. The van der Waals surface area contributed by atoms with Gasteiger partial charge in [-0.3, -0.25) is 0 Å². The molecule has 0 bridgehead atoms. The predicted molar refractivity (Wildman–Crippen MR) is 96.2 cm³/mol. The van der Waals surface area contributed by atoms with E-state index in [4.69, 9.17) is 4.74 Å². The van der Waals surface area contributed by atoms with Crippen LogP contribution in [0.25, 0.3) is 0 Å². The summed E-state index contributed by atoms with van der Waals surface area (Å²) in [7, 11) is 0. The molecule has 1 aromatic heterocycles. The molecule has 1 aliphatic rings. The Balaban J connectivity index is 1.65. The van der Waals surface area contributed by atoms with Gasteiger partial charge in [0.1, 0.15) is 5.75 Å². The van der Waals surface area contributed by atoms with Crippen LogP contribution in [0.5, 0.6) is 11.6 Å². The third kappa shape index (κ3) is 3.71. The van der Waals surface area contributed by atoms with Crippen molar-refractivity contribution < 1.29 is 27.6 Å². The number of nitrogens with zero attached hydrogens (tertiary/aromatic N) is 3. The highest BCUT2D eigenvalue weighted by molar-refractivity contribution is 5.48. The zero-order valence-corrected chi connectivity index (χ0v) is 14.9. The van der Waals surface area contributed by atoms with E-state index >= 15 is 0 Å². The molecule has 6 nitrogen and oxygen atoms in total. The molecular weight excluding hydrogens is 387 g/mol. The van der Waals surface area contributed by atoms with Crippen LogP contribution in [-0.4, -0.2) is 14.7 Å². The van der Waals surface area contributed by atoms with Gasteiger partial charge in [0.2, 0.25) is 5.88 Å². The number of aryl methyl sites for hydroxylation is 2. The second-order valence-electron chi connectivity index (χ2n) is 6.45. The van der Waals surface area contributed by atoms with E-state index < -0.39 is 11.7 Å². The molecule has 0 radical (unpaired) electrons. The fourth-order valence-electron chi connectivity index (χ4n) is 3.12. The number of rotatable bonds is 2. The average Bonchev–Trinajstić information content (AvgIpc) is 2.70. The third-order valence-electron chi connectivity index (χ3n) is 4.57. The maximum atomic E-state index is 12.6. The van der Waals surface area contributed by atoms with Crippen molar-refractivity contribution in [3.05, 3.63) is 87.9 Å². The first-order valence-electron chi connectivity index (χ1n) is 8.69. The Morgan fingerprint density at radius 1 is 0.862 bits per heavy atom. The molecule has 0 unspecified atom stereocenters. The van der Waals surface area contributed by atoms with Crippen LogP contribution in [0.15, 0.2) is 60.8 Å². The van der Waals surface area contributed by atoms with Gasteiger partial charge in [-0.1, -0.05) is 18.2 Å². The standard InChI is InChI=1S/C20H14F3N3O3/c21-20(22,23)15-7-10-19(24-12-15)29-16-8-9-18-14(11-16)6-5-13-3-1-2-4-17(13)25(27)26(18)28/h1-4,7-12H,5-6H2/b26-25-. The fourth-order valence-corrected chi connectivity index (χ4v) is 3.12. The topological polar surface area (TPSA) is 74.3 Å². The zero-order chi connectivity index (χ0) is 20.6. The van der Waals surface area contributed by atoms with Crippen molar-refractivity contribution in [1.82, 2.24) is 4.98 Å². The van der Waals surface area contributed by atoms with E-state index in [9.17, 15) is 23.6 Å². The molecule has 0 N–H and O–H groups in total. The van der Waals surface area contributed by atoms with Crippen LogP contribution >= 0.6 is 0 Å². The Bertz CT molecular complexity index is 1100. The molecule has 29 heavy (non-hydrogen) atoms. The van der Waals surface area contributed by atoms with Crippen LogP contribution < -0.4 is 4.74 Å². The van der Waals surface area contributed by atoms with Gasteiger partial charge in [0.05, 0.1) is 15.3 Å². The minimum absolute atomic E-state index is 0.0152. The van der Waals surface area contributed by atoms with Crippen molar-refractivity contribution >= 4 is 11.4 Å². The Kier molecular flexibility index (Phi) is 4.57. The monoisotopic (exact) mass is 401 g/mol. The molecule has 2 aromatic carbocycles. The summed E-state index contributed by atoms with van der Waals surface area (Å²) < 4.78 is 43.4. The van der Waals surface area contributed by atoms with E-state index in [2.05, 4.69) is 4.98 Å². The molecule has 0 atom stereocenters. The summed E-state index contributed by atoms with van der Waals surface area (Å²) in [6.07, 6.45) is -2.77. The van der Waals surface area contributed by atoms with Gasteiger partial charge in [0.15, 0.2) is 0 Å². The molecule has 1 aliphatic heterocycles. The summed E-state index contributed by atoms with van der Waals surface area (Å²) >= 11 is 0. The Labute approximate surface area is 163 Å². The largest absolute Gasteiger partial charge is 0.561 e. The number of benzene rings is 2. The summed E-state index contributed by atoms with van der Waals surface area (Å²) in [6.45, 7) is 0. The van der Waals surface area contributed by atoms with E-state index in [-0.39, 0.29) is 16.4 Å². The second-order valence-corrected chi connectivity index (χ2v) is 6.45. The van der Waals surface area contributed by atoms with E-state index in [0.717, 1.165) is 17.7 Å². The van der Waals surface area contributed by atoms with E-state index in [1.54, 1.807) is 30.3 Å². The van der Waals surface area contributed by atoms with Crippen molar-refractivity contribution in [1.29, 1.82) is 0 Å². The normalized spacial score (nSPS) is 16.4. The number of pyridine rings is 1. The SMILES string of the molecule is [O-]/[N+]1=[N+](\[O-])c2ccc(Oc3ccc(C(F)(F)F)cn3)cc2CCc2ccccc21. The lowest BCUT2D eigenvalue weighted by molar-refractivity contribution is -0.897. The van der Waals surface area contributed by atoms with Crippen LogP contribution in [0.1, 0.15) is 16.7 Å². The highest BCUT2D eigenvalue weighted by Crippen LogP contribution is 2.33. The number of hydrogen-bond acceptors (Lipinski definition) is 4. The number of ether oxygens (including phenoxy) is 1. The minimum Gasteiger partial charge on any atom is -0.561 e. The van der Waals surface area contributed by atoms with Crippen LogP contribution in [0.3, 0.4) is 0 Å². The van der Waals surface area contributed by atoms with Gasteiger partial charge in [-0.15, -0.1) is 0 Å². The first-order valence-corrected chi connectivity index (χ1v) is 8.69. The van der Waals surface area contributed by atoms with Crippen molar-refractivity contribution in [2.75, 3.05) is 0 Å². The first kappa shape index (κ1) is 18.7. The maximum Gasteiger partial charge on any atom is 0.417 e. The quantitative estimate of drug-likeness (QED) is 0.424. The lowest BCUT2D eigenvalue weighted by atomic mass is 10.0. The number of hydrogen-bond donors (Lipinski definition) is 0. The van der Waals surface area contributed by atoms with Crippen molar-refractivity contribution in [2.24, 2.45) is 0 Å². The van der Waals surface area contributed by atoms with Gasteiger partial charge in [0, 0.05) is 35.5 Å². The number of para-hydroxylation sites is 1. The average molecular weight is 401 g/mol. The highest BCUT2D eigenvalue weighted by Gasteiger charge is 2.31. The molecule has 0 saturated carbocycles. The molecule has 0 amide bonds. The zero-order valence-electron chi connectivity index (χ0n) is 14.9. The fraction of sp³-hybridized carbons (Fsp3) is 0.150. The summed E-state index contributed by atoms with van der Waals surface area (Å²) in [5.41, 5.74) is 0.924. The molecule has 148 valence electrons. The predicted octanol–water partition coefficient (Wildman–Crippen LogP) is 5.43. The molecule has 0 fully saturated rings. The summed E-state index contributed by atoms with van der Waals surface area (Å²) in [5.74, 6) is 0.286. The van der Waals surface area contributed by atoms with Crippen molar-refractivity contribution in [3.63, 3.8) is 0 Å². The molecule has 0 aliphatic carbocycles. The summed E-state index contributed by atoms with van der Waals surface area (Å²) in [5, 5.41) is 25.0. The summed E-state index contributed by atoms with van der Waals surface area (Å²) in [4.78, 5) is 4.24. The molecule has 9 heteroatoms. The van der Waals surface area contributed by atoms with E-state index in [0.29, 0.717) is 40.9 Å². The van der Waals surface area contributed by atoms with Crippen LogP contribution in [0.2, 0.25) is 0 Å². The Morgan fingerprint density at radius 2 is 1.55 bits per heavy atom. The third-order valence-corrected chi connectivity index (χ3v) is 4.57. The lowest BCUT2D eigenvalue weighted by Crippen LogP contribution is -2.14. The highest BCUT2D eigenvalue weighted by atomic mass is 19.4. The second kappa shape index (κ2) is 7.08. The van der Waals surface area contributed by atoms with Gasteiger partial charge in [-0.25, -0.2) is 4.98 Å².